The minimum absolute atomic E-state index is 0.0405. The topological polar surface area (TPSA) is 74.6 Å². The number of hydrogen-bond acceptors (Lipinski definition) is 5. The zero-order valence-electron chi connectivity index (χ0n) is 18.6. The lowest BCUT2D eigenvalue weighted by molar-refractivity contribution is -0.357. The number of rotatable bonds is 7. The fourth-order valence-corrected chi connectivity index (χ4v) is 5.14. The smallest absolute Gasteiger partial charge is 0.368 e. The summed E-state index contributed by atoms with van der Waals surface area (Å²) in [6, 6.07) is 4.47. The quantitative estimate of drug-likeness (QED) is 0.551. The van der Waals surface area contributed by atoms with Crippen molar-refractivity contribution >= 4 is 17.5 Å². The highest BCUT2D eigenvalue weighted by molar-refractivity contribution is 6.30. The third-order valence-electron chi connectivity index (χ3n) is 7.12. The third kappa shape index (κ3) is 5.18. The van der Waals surface area contributed by atoms with Crippen molar-refractivity contribution in [2.24, 2.45) is 0 Å². The van der Waals surface area contributed by atoms with E-state index >= 15 is 0 Å². The minimum atomic E-state index is -4.66. The molecular weight excluding hydrogens is 494 g/mol. The molecule has 0 spiro atoms. The molecule has 1 N–H and O–H groups in total. The molecular formula is C23H24ClF4N3O4. The largest absolute Gasteiger partial charge is 0.522 e. The van der Waals surface area contributed by atoms with Crippen molar-refractivity contribution in [3.05, 3.63) is 47.0 Å². The van der Waals surface area contributed by atoms with Gasteiger partial charge in [-0.25, -0.2) is 9.07 Å². The number of nitrogens with one attached hydrogen (secondary N) is 1. The lowest BCUT2D eigenvalue weighted by Crippen LogP contribution is -2.62. The van der Waals surface area contributed by atoms with Crippen molar-refractivity contribution in [3.63, 3.8) is 0 Å². The molecule has 0 radical (unpaired) electrons. The Morgan fingerprint density at radius 2 is 1.97 bits per heavy atom. The molecule has 2 aliphatic heterocycles. The number of carbonyl (C=O) groups excluding carboxylic acids is 1. The molecule has 0 atom stereocenters. The molecule has 2 aromatic rings. The van der Waals surface area contributed by atoms with E-state index in [1.807, 2.05) is 6.20 Å². The molecule has 2 saturated carbocycles. The summed E-state index contributed by atoms with van der Waals surface area (Å²) in [5, 5.41) is 7.41. The monoisotopic (exact) mass is 517 g/mol. The number of nitrogens with zero attached hydrogens (tertiary/aromatic N) is 2. The molecule has 1 aromatic carbocycles. The Labute approximate surface area is 203 Å². The highest BCUT2D eigenvalue weighted by atomic mass is 35.5. The van der Waals surface area contributed by atoms with Gasteiger partial charge in [-0.3, -0.25) is 9.53 Å². The second-order valence-electron chi connectivity index (χ2n) is 9.47. The standard InChI is InChI=1S/C23H24ClF4N3O4/c24-18-2-1-15(7-19(18)25)31-11-14(10-29-31)22-5-3-21(4-6-22,13-34-22)30-20(32)12-33-16-8-17(9-16)35-23(26,27)28/h1-2,7,10-11,16-17H,3-6,8-9,12-13H2,(H,30,32)/t16-,17+,21?,22?. The van der Waals surface area contributed by atoms with E-state index in [2.05, 4.69) is 15.2 Å². The van der Waals surface area contributed by atoms with Gasteiger partial charge in [0.05, 0.1) is 46.9 Å². The Bertz CT molecular complexity index is 1080. The van der Waals surface area contributed by atoms with Gasteiger partial charge in [0.1, 0.15) is 12.4 Å². The van der Waals surface area contributed by atoms with Crippen LogP contribution in [-0.4, -0.2) is 53.0 Å². The van der Waals surface area contributed by atoms with Gasteiger partial charge in [-0.1, -0.05) is 11.6 Å². The normalized spacial score (nSPS) is 30.2. The number of aromatic nitrogens is 2. The second-order valence-corrected chi connectivity index (χ2v) is 9.88. The van der Waals surface area contributed by atoms with Crippen molar-refractivity contribution in [1.82, 2.24) is 15.1 Å². The van der Waals surface area contributed by atoms with Crippen LogP contribution in [0.3, 0.4) is 0 Å². The fourth-order valence-electron chi connectivity index (χ4n) is 5.02. The van der Waals surface area contributed by atoms with Crippen LogP contribution in [0.5, 0.6) is 0 Å². The summed E-state index contributed by atoms with van der Waals surface area (Å²) in [6.45, 7) is 0.102. The summed E-state index contributed by atoms with van der Waals surface area (Å²) in [5.41, 5.74) is 0.409. The molecule has 4 aliphatic rings. The van der Waals surface area contributed by atoms with E-state index in [4.69, 9.17) is 21.1 Å². The second kappa shape index (κ2) is 9.02. The predicted octanol–water partition coefficient (Wildman–Crippen LogP) is 4.40. The Morgan fingerprint density at radius 1 is 1.23 bits per heavy atom. The van der Waals surface area contributed by atoms with Crippen LogP contribution < -0.4 is 5.32 Å². The van der Waals surface area contributed by atoms with E-state index in [1.54, 1.807) is 16.9 Å². The minimum Gasteiger partial charge on any atom is -0.368 e. The van der Waals surface area contributed by atoms with Crippen molar-refractivity contribution < 1.29 is 36.6 Å². The van der Waals surface area contributed by atoms with E-state index < -0.39 is 35.5 Å². The Balaban J connectivity index is 1.12. The van der Waals surface area contributed by atoms with Gasteiger partial charge in [-0.2, -0.15) is 5.10 Å². The molecule has 2 aliphatic carbocycles. The summed E-state index contributed by atoms with van der Waals surface area (Å²) in [7, 11) is 0. The Kier molecular flexibility index (Phi) is 6.31. The lowest BCUT2D eigenvalue weighted by Gasteiger charge is -2.53. The maximum Gasteiger partial charge on any atom is 0.522 e. The summed E-state index contributed by atoms with van der Waals surface area (Å²) < 4.78 is 67.6. The van der Waals surface area contributed by atoms with E-state index in [0.29, 0.717) is 38.0 Å². The van der Waals surface area contributed by atoms with Gasteiger partial charge in [0.25, 0.3) is 0 Å². The van der Waals surface area contributed by atoms with E-state index in [-0.39, 0.29) is 30.4 Å². The van der Waals surface area contributed by atoms with Gasteiger partial charge in [0, 0.05) is 30.7 Å². The van der Waals surface area contributed by atoms with Crippen molar-refractivity contribution in [1.29, 1.82) is 0 Å². The number of carbonyl (C=O) groups is 1. The number of benzene rings is 1. The molecule has 35 heavy (non-hydrogen) atoms. The molecule has 190 valence electrons. The number of ether oxygens (including phenoxy) is 3. The summed E-state index contributed by atoms with van der Waals surface area (Å²) in [4.78, 5) is 12.5. The molecule has 2 saturated heterocycles. The van der Waals surface area contributed by atoms with Crippen LogP contribution in [0.15, 0.2) is 30.6 Å². The van der Waals surface area contributed by atoms with Gasteiger partial charge in [-0.05, 0) is 37.8 Å². The van der Waals surface area contributed by atoms with Gasteiger partial charge < -0.3 is 14.8 Å². The number of alkyl halides is 3. The predicted molar refractivity (Wildman–Crippen MR) is 115 cm³/mol. The maximum absolute atomic E-state index is 13.8. The van der Waals surface area contributed by atoms with Crippen molar-refractivity contribution in [2.75, 3.05) is 13.2 Å². The van der Waals surface area contributed by atoms with Crippen LogP contribution in [-0.2, 0) is 24.6 Å². The fraction of sp³-hybridized carbons (Fsp3) is 0.565. The molecule has 6 rings (SSSR count). The van der Waals surface area contributed by atoms with E-state index in [1.165, 1.54) is 12.1 Å². The van der Waals surface area contributed by atoms with Crippen molar-refractivity contribution in [3.8, 4) is 5.69 Å². The molecule has 2 bridgehead atoms. The first-order chi connectivity index (χ1) is 16.5. The zero-order valence-corrected chi connectivity index (χ0v) is 19.4. The highest BCUT2D eigenvalue weighted by Crippen LogP contribution is 2.49. The van der Waals surface area contributed by atoms with Crippen molar-refractivity contribution in [2.45, 2.75) is 68.2 Å². The Hall–Kier alpha value is -2.21. The Morgan fingerprint density at radius 3 is 2.60 bits per heavy atom. The van der Waals surface area contributed by atoms with Crippen LogP contribution in [0.1, 0.15) is 44.1 Å². The number of amides is 1. The first-order valence-electron chi connectivity index (χ1n) is 11.4. The van der Waals surface area contributed by atoms with Crippen LogP contribution >= 0.6 is 11.6 Å². The van der Waals surface area contributed by atoms with Gasteiger partial charge in [0.2, 0.25) is 5.91 Å². The molecule has 4 fully saturated rings. The molecule has 0 unspecified atom stereocenters. The number of fused-ring (bicyclic) bond motifs is 3. The van der Waals surface area contributed by atoms with E-state index in [9.17, 15) is 22.4 Å². The average Bonchev–Trinajstić information content (AvgIpc) is 3.28. The van der Waals surface area contributed by atoms with E-state index in [0.717, 1.165) is 5.56 Å². The molecule has 3 heterocycles. The molecule has 12 heteroatoms. The van der Waals surface area contributed by atoms with Crippen LogP contribution in [0.2, 0.25) is 5.02 Å². The van der Waals surface area contributed by atoms with Crippen LogP contribution in [0, 0.1) is 5.82 Å². The summed E-state index contributed by atoms with van der Waals surface area (Å²) in [5.74, 6) is -0.844. The number of halogens is 5. The zero-order chi connectivity index (χ0) is 24.8. The highest BCUT2D eigenvalue weighted by Gasteiger charge is 2.52. The van der Waals surface area contributed by atoms with Crippen LogP contribution in [0.25, 0.3) is 5.69 Å². The maximum atomic E-state index is 13.8. The van der Waals surface area contributed by atoms with Gasteiger partial charge in [-0.15, -0.1) is 13.2 Å². The third-order valence-corrected chi connectivity index (χ3v) is 7.43. The summed E-state index contributed by atoms with van der Waals surface area (Å²) >= 11 is 5.76. The SMILES string of the molecule is O=C(CO[C@H]1C[C@@H](OC(F)(F)F)C1)NC12CCC(c3cnn(-c4ccc(Cl)c(F)c4)c3)(CC1)OC2. The first-order valence-corrected chi connectivity index (χ1v) is 11.7. The molecule has 1 amide bonds. The summed E-state index contributed by atoms with van der Waals surface area (Å²) in [6.07, 6.45) is 0.514. The van der Waals surface area contributed by atoms with Crippen LogP contribution in [0.4, 0.5) is 17.6 Å². The van der Waals surface area contributed by atoms with Gasteiger partial charge in [0.15, 0.2) is 0 Å². The first kappa shape index (κ1) is 24.5. The molecule has 7 nitrogen and oxygen atoms in total. The number of hydrogen-bond donors (Lipinski definition) is 1. The molecule has 1 aromatic heterocycles. The van der Waals surface area contributed by atoms with Gasteiger partial charge >= 0.3 is 6.36 Å². The average molecular weight is 518 g/mol. The lowest BCUT2D eigenvalue weighted by atomic mass is 9.69.